The molecular formula is C15H22N2O4. The minimum absolute atomic E-state index is 0.344. The molecule has 1 N–H and O–H groups in total. The lowest BCUT2D eigenvalue weighted by atomic mass is 9.97. The topological polar surface area (TPSA) is 81.4 Å². The molecule has 2 heterocycles. The molecule has 0 radical (unpaired) electrons. The van der Waals surface area contributed by atoms with E-state index in [2.05, 4.69) is 4.98 Å². The molecule has 2 atom stereocenters. The van der Waals surface area contributed by atoms with Crippen molar-refractivity contribution in [1.82, 2.24) is 9.55 Å². The minimum Gasteiger partial charge on any atom is -0.481 e. The Morgan fingerprint density at radius 1 is 1.52 bits per heavy atom. The van der Waals surface area contributed by atoms with Crippen molar-refractivity contribution in [3.8, 4) is 0 Å². The van der Waals surface area contributed by atoms with Gasteiger partial charge in [0, 0.05) is 23.6 Å². The van der Waals surface area contributed by atoms with Crippen molar-refractivity contribution < 1.29 is 14.6 Å². The van der Waals surface area contributed by atoms with Crippen molar-refractivity contribution >= 4 is 5.97 Å². The molecular weight excluding hydrogens is 272 g/mol. The Bertz CT molecular complexity index is 615. The molecule has 116 valence electrons. The third-order valence-electron chi connectivity index (χ3n) is 4.28. The van der Waals surface area contributed by atoms with Crippen LogP contribution in [0, 0.1) is 13.8 Å². The van der Waals surface area contributed by atoms with E-state index in [4.69, 9.17) is 4.74 Å². The van der Waals surface area contributed by atoms with E-state index < -0.39 is 11.9 Å². The van der Waals surface area contributed by atoms with Gasteiger partial charge in [-0.1, -0.05) is 0 Å². The van der Waals surface area contributed by atoms with Crippen LogP contribution in [0.25, 0.3) is 0 Å². The summed E-state index contributed by atoms with van der Waals surface area (Å²) in [5.74, 6) is -1.61. The molecule has 0 aliphatic carbocycles. The highest BCUT2D eigenvalue weighted by atomic mass is 16.5. The molecule has 0 bridgehead atoms. The molecule has 1 aliphatic rings. The van der Waals surface area contributed by atoms with E-state index in [0.717, 1.165) is 12.8 Å². The molecule has 6 nitrogen and oxygen atoms in total. The number of carbonyl (C=O) groups is 1. The summed E-state index contributed by atoms with van der Waals surface area (Å²) in [6, 6.07) is 0. The Balaban J connectivity index is 2.49. The highest BCUT2D eigenvalue weighted by Crippen LogP contribution is 2.28. The molecule has 1 aromatic rings. The van der Waals surface area contributed by atoms with E-state index >= 15 is 0 Å². The van der Waals surface area contributed by atoms with Crippen LogP contribution in [0.15, 0.2) is 4.79 Å². The number of aromatic nitrogens is 2. The minimum atomic E-state index is -0.920. The second-order valence-corrected chi connectivity index (χ2v) is 6.03. The first-order chi connectivity index (χ1) is 9.75. The van der Waals surface area contributed by atoms with Gasteiger partial charge in [-0.05, 0) is 40.5 Å². The number of carboxylic acid groups (broad SMARTS) is 1. The molecule has 21 heavy (non-hydrogen) atoms. The first-order valence-corrected chi connectivity index (χ1v) is 7.20. The maximum atomic E-state index is 12.2. The normalized spacial score (nSPS) is 23.2. The van der Waals surface area contributed by atoms with Crippen molar-refractivity contribution in [1.29, 1.82) is 0 Å². The summed E-state index contributed by atoms with van der Waals surface area (Å²) >= 11 is 0. The Morgan fingerprint density at radius 3 is 2.71 bits per heavy atom. The van der Waals surface area contributed by atoms with Crippen LogP contribution in [0.5, 0.6) is 0 Å². The van der Waals surface area contributed by atoms with Crippen molar-refractivity contribution in [2.24, 2.45) is 0 Å². The number of carboxylic acids is 1. The van der Waals surface area contributed by atoms with Crippen LogP contribution in [0.4, 0.5) is 0 Å². The SMILES string of the molecule is Cc1nc(=O)n(CC2(C)CCCO2)c(C)c1C(C)C(=O)O. The highest BCUT2D eigenvalue weighted by Gasteiger charge is 2.32. The van der Waals surface area contributed by atoms with Gasteiger partial charge in [-0.15, -0.1) is 0 Å². The maximum absolute atomic E-state index is 12.2. The monoisotopic (exact) mass is 294 g/mol. The predicted molar refractivity (Wildman–Crippen MR) is 77.6 cm³/mol. The van der Waals surface area contributed by atoms with E-state index in [1.807, 2.05) is 6.92 Å². The van der Waals surface area contributed by atoms with Gasteiger partial charge in [-0.25, -0.2) is 4.79 Å². The lowest BCUT2D eigenvalue weighted by Gasteiger charge is -2.26. The summed E-state index contributed by atoms with van der Waals surface area (Å²) in [6.45, 7) is 8.16. The van der Waals surface area contributed by atoms with Crippen LogP contribution in [-0.4, -0.2) is 32.8 Å². The molecule has 0 spiro atoms. The molecule has 1 aromatic heterocycles. The van der Waals surface area contributed by atoms with Gasteiger partial charge in [0.2, 0.25) is 0 Å². The first-order valence-electron chi connectivity index (χ1n) is 7.20. The quantitative estimate of drug-likeness (QED) is 0.912. The van der Waals surface area contributed by atoms with E-state index in [9.17, 15) is 14.7 Å². The Kier molecular flexibility index (Phi) is 4.18. The molecule has 6 heteroatoms. The summed E-state index contributed by atoms with van der Waals surface area (Å²) < 4.78 is 7.28. The highest BCUT2D eigenvalue weighted by molar-refractivity contribution is 5.76. The number of nitrogens with zero attached hydrogens (tertiary/aromatic N) is 2. The average molecular weight is 294 g/mol. The number of aliphatic carboxylic acids is 1. The third kappa shape index (κ3) is 3.00. The lowest BCUT2D eigenvalue weighted by molar-refractivity contribution is -0.138. The second-order valence-electron chi connectivity index (χ2n) is 6.03. The summed E-state index contributed by atoms with van der Waals surface area (Å²) in [4.78, 5) is 27.5. The fourth-order valence-corrected chi connectivity index (χ4v) is 3.05. The summed E-state index contributed by atoms with van der Waals surface area (Å²) in [5, 5.41) is 9.24. The third-order valence-corrected chi connectivity index (χ3v) is 4.28. The summed E-state index contributed by atoms with van der Waals surface area (Å²) in [5.41, 5.74) is 1.04. The molecule has 1 aliphatic heterocycles. The number of rotatable bonds is 4. The van der Waals surface area contributed by atoms with Crippen molar-refractivity contribution in [3.05, 3.63) is 27.4 Å². The zero-order valence-electron chi connectivity index (χ0n) is 13.0. The van der Waals surface area contributed by atoms with Gasteiger partial charge < -0.3 is 9.84 Å². The Morgan fingerprint density at radius 2 is 2.19 bits per heavy atom. The van der Waals surface area contributed by atoms with E-state index in [1.165, 1.54) is 0 Å². The van der Waals surface area contributed by atoms with E-state index in [-0.39, 0.29) is 11.3 Å². The summed E-state index contributed by atoms with van der Waals surface area (Å²) in [7, 11) is 0. The second kappa shape index (κ2) is 5.60. The molecule has 0 amide bonds. The Hall–Kier alpha value is -1.69. The molecule has 0 saturated carbocycles. The largest absolute Gasteiger partial charge is 0.481 e. The van der Waals surface area contributed by atoms with Gasteiger partial charge in [0.15, 0.2) is 0 Å². The predicted octanol–water partition coefficient (Wildman–Crippen LogP) is 1.62. The maximum Gasteiger partial charge on any atom is 0.348 e. The fraction of sp³-hybridized carbons (Fsp3) is 0.667. The van der Waals surface area contributed by atoms with Gasteiger partial charge >= 0.3 is 11.7 Å². The van der Waals surface area contributed by atoms with Gasteiger partial charge in [-0.3, -0.25) is 9.36 Å². The van der Waals surface area contributed by atoms with Crippen LogP contribution < -0.4 is 5.69 Å². The van der Waals surface area contributed by atoms with Gasteiger partial charge in [0.1, 0.15) is 0 Å². The van der Waals surface area contributed by atoms with E-state index in [1.54, 1.807) is 25.3 Å². The average Bonchev–Trinajstić information content (AvgIpc) is 2.81. The lowest BCUT2D eigenvalue weighted by Crippen LogP contribution is -2.38. The molecule has 1 fully saturated rings. The van der Waals surface area contributed by atoms with Crippen LogP contribution in [-0.2, 0) is 16.1 Å². The standard InChI is InChI=1S/C15H22N2O4/c1-9(13(18)19)12-10(2)16-14(20)17(11(12)3)8-15(4)6-5-7-21-15/h9H,5-8H2,1-4H3,(H,18,19). The molecule has 1 saturated heterocycles. The first kappa shape index (κ1) is 15.7. The van der Waals surface area contributed by atoms with Gasteiger partial charge in [0.25, 0.3) is 0 Å². The number of hydrogen-bond acceptors (Lipinski definition) is 4. The van der Waals surface area contributed by atoms with Crippen LogP contribution >= 0.6 is 0 Å². The van der Waals surface area contributed by atoms with Crippen LogP contribution in [0.3, 0.4) is 0 Å². The zero-order chi connectivity index (χ0) is 15.8. The fourth-order valence-electron chi connectivity index (χ4n) is 3.05. The smallest absolute Gasteiger partial charge is 0.348 e. The van der Waals surface area contributed by atoms with Crippen molar-refractivity contribution in [2.45, 2.75) is 58.6 Å². The number of aryl methyl sites for hydroxylation is 1. The van der Waals surface area contributed by atoms with Crippen LogP contribution in [0.2, 0.25) is 0 Å². The molecule has 2 unspecified atom stereocenters. The van der Waals surface area contributed by atoms with Crippen molar-refractivity contribution in [2.75, 3.05) is 6.61 Å². The Labute approximate surface area is 123 Å². The van der Waals surface area contributed by atoms with Crippen molar-refractivity contribution in [3.63, 3.8) is 0 Å². The van der Waals surface area contributed by atoms with Crippen LogP contribution in [0.1, 0.15) is 49.6 Å². The van der Waals surface area contributed by atoms with Gasteiger partial charge in [0.05, 0.1) is 18.1 Å². The summed E-state index contributed by atoms with van der Waals surface area (Å²) in [6.07, 6.45) is 1.86. The molecule has 0 aromatic carbocycles. The van der Waals surface area contributed by atoms with E-state index in [0.29, 0.717) is 30.1 Å². The number of hydrogen-bond donors (Lipinski definition) is 1. The number of ether oxygens (including phenoxy) is 1. The molecule has 2 rings (SSSR count). The zero-order valence-corrected chi connectivity index (χ0v) is 13.0. The van der Waals surface area contributed by atoms with Gasteiger partial charge in [-0.2, -0.15) is 4.98 Å².